The summed E-state index contributed by atoms with van der Waals surface area (Å²) in [4.78, 5) is 27.0. The van der Waals surface area contributed by atoms with Crippen molar-refractivity contribution in [3.63, 3.8) is 0 Å². The molecular formula is C18H23N5O2. The van der Waals surface area contributed by atoms with Crippen molar-refractivity contribution in [3.05, 3.63) is 42.5 Å². The van der Waals surface area contributed by atoms with Crippen LogP contribution in [0.1, 0.15) is 31.9 Å². The standard InChI is InChI=1S/C18H23N5O2/c1-3-23-17(24)8-14(18(23)13-6-5-7-19-9-13)10-21-15-11-20-12-16(22-15)25-4-2/h5-7,9,11-12,14,18H,3-4,8,10H2,1-2H3,(H,21,22)/t14-,18-/m0/s1. The van der Waals surface area contributed by atoms with Crippen LogP contribution in [0.15, 0.2) is 36.9 Å². The maximum atomic E-state index is 12.4. The van der Waals surface area contributed by atoms with Gasteiger partial charge in [0.1, 0.15) is 5.82 Å². The molecule has 2 aromatic heterocycles. The van der Waals surface area contributed by atoms with Crippen LogP contribution < -0.4 is 10.1 Å². The molecule has 1 N–H and O–H groups in total. The number of carbonyl (C=O) groups is 1. The van der Waals surface area contributed by atoms with Gasteiger partial charge in [-0.15, -0.1) is 0 Å². The van der Waals surface area contributed by atoms with E-state index in [1.54, 1.807) is 18.6 Å². The molecule has 0 radical (unpaired) electrons. The molecule has 3 heterocycles. The molecule has 132 valence electrons. The van der Waals surface area contributed by atoms with Gasteiger partial charge in [0.2, 0.25) is 11.8 Å². The predicted molar refractivity (Wildman–Crippen MR) is 94.2 cm³/mol. The van der Waals surface area contributed by atoms with Crippen LogP contribution >= 0.6 is 0 Å². The van der Waals surface area contributed by atoms with Crippen molar-refractivity contribution in [2.24, 2.45) is 5.92 Å². The van der Waals surface area contributed by atoms with Crippen molar-refractivity contribution >= 4 is 11.7 Å². The third-order valence-corrected chi connectivity index (χ3v) is 4.36. The number of hydrogen-bond donors (Lipinski definition) is 1. The first-order valence-electron chi connectivity index (χ1n) is 8.61. The maximum Gasteiger partial charge on any atom is 0.234 e. The van der Waals surface area contributed by atoms with Crippen molar-refractivity contribution in [2.75, 3.05) is 25.0 Å². The Morgan fingerprint density at radius 3 is 2.88 bits per heavy atom. The van der Waals surface area contributed by atoms with Gasteiger partial charge in [-0.25, -0.2) is 0 Å². The van der Waals surface area contributed by atoms with Gasteiger partial charge >= 0.3 is 0 Å². The van der Waals surface area contributed by atoms with E-state index in [1.165, 1.54) is 0 Å². The summed E-state index contributed by atoms with van der Waals surface area (Å²) in [7, 11) is 0. The summed E-state index contributed by atoms with van der Waals surface area (Å²) in [5.74, 6) is 1.47. The molecule has 25 heavy (non-hydrogen) atoms. The Bertz CT molecular complexity index is 710. The Morgan fingerprint density at radius 2 is 2.16 bits per heavy atom. The van der Waals surface area contributed by atoms with Crippen LogP contribution in [0.5, 0.6) is 5.88 Å². The molecular weight excluding hydrogens is 318 g/mol. The van der Waals surface area contributed by atoms with Crippen LogP contribution in [0.25, 0.3) is 0 Å². The number of pyridine rings is 1. The van der Waals surface area contributed by atoms with Crippen molar-refractivity contribution in [3.8, 4) is 5.88 Å². The number of amides is 1. The molecule has 2 aromatic rings. The zero-order valence-corrected chi connectivity index (χ0v) is 14.6. The first-order chi connectivity index (χ1) is 12.2. The van der Waals surface area contributed by atoms with Crippen LogP contribution in [0.2, 0.25) is 0 Å². The van der Waals surface area contributed by atoms with Gasteiger partial charge in [-0.1, -0.05) is 6.07 Å². The average Bonchev–Trinajstić information content (AvgIpc) is 2.97. The number of ether oxygens (including phenoxy) is 1. The fraction of sp³-hybridized carbons (Fsp3) is 0.444. The zero-order chi connectivity index (χ0) is 17.6. The van der Waals surface area contributed by atoms with Gasteiger partial charge in [-0.3, -0.25) is 14.8 Å². The topological polar surface area (TPSA) is 80.2 Å². The number of rotatable bonds is 7. The molecule has 0 unspecified atom stereocenters. The third-order valence-electron chi connectivity index (χ3n) is 4.36. The van der Waals surface area contributed by atoms with Crippen LogP contribution in [0.3, 0.4) is 0 Å². The van der Waals surface area contributed by atoms with Gasteiger partial charge in [0.15, 0.2) is 0 Å². The average molecular weight is 341 g/mol. The summed E-state index contributed by atoms with van der Waals surface area (Å²) in [6.45, 7) is 5.78. The van der Waals surface area contributed by atoms with Gasteiger partial charge < -0.3 is 15.0 Å². The summed E-state index contributed by atoms with van der Waals surface area (Å²) in [6, 6.07) is 3.97. The van der Waals surface area contributed by atoms with Gasteiger partial charge in [0, 0.05) is 37.8 Å². The first-order valence-corrected chi connectivity index (χ1v) is 8.61. The lowest BCUT2D eigenvalue weighted by Gasteiger charge is -2.27. The Hall–Kier alpha value is -2.70. The molecule has 0 aromatic carbocycles. The van der Waals surface area contributed by atoms with Crippen LogP contribution in [0, 0.1) is 5.92 Å². The van der Waals surface area contributed by atoms with E-state index in [0.29, 0.717) is 37.8 Å². The summed E-state index contributed by atoms with van der Waals surface area (Å²) < 4.78 is 5.38. The van der Waals surface area contributed by atoms with E-state index in [1.807, 2.05) is 37.1 Å². The van der Waals surface area contributed by atoms with Crippen molar-refractivity contribution < 1.29 is 9.53 Å². The van der Waals surface area contributed by atoms with E-state index in [-0.39, 0.29) is 17.9 Å². The number of nitrogens with one attached hydrogen (secondary N) is 1. The van der Waals surface area contributed by atoms with E-state index in [4.69, 9.17) is 4.74 Å². The molecule has 1 saturated heterocycles. The molecule has 1 amide bonds. The molecule has 0 saturated carbocycles. The maximum absolute atomic E-state index is 12.4. The molecule has 0 spiro atoms. The Morgan fingerprint density at radius 1 is 1.28 bits per heavy atom. The number of nitrogens with zero attached hydrogens (tertiary/aromatic N) is 4. The van der Waals surface area contributed by atoms with Gasteiger partial charge in [0.25, 0.3) is 0 Å². The molecule has 1 aliphatic heterocycles. The first kappa shape index (κ1) is 17.1. The lowest BCUT2D eigenvalue weighted by atomic mass is 9.94. The van der Waals surface area contributed by atoms with E-state index in [2.05, 4.69) is 20.3 Å². The fourth-order valence-electron chi connectivity index (χ4n) is 3.31. The molecule has 0 aliphatic carbocycles. The minimum absolute atomic E-state index is 0.0294. The summed E-state index contributed by atoms with van der Waals surface area (Å²) in [5, 5.41) is 3.30. The van der Waals surface area contributed by atoms with Crippen LogP contribution in [-0.4, -0.2) is 45.5 Å². The molecule has 1 fully saturated rings. The molecule has 0 bridgehead atoms. The highest BCUT2D eigenvalue weighted by atomic mass is 16.5. The largest absolute Gasteiger partial charge is 0.477 e. The monoisotopic (exact) mass is 341 g/mol. The van der Waals surface area contributed by atoms with Crippen molar-refractivity contribution in [1.29, 1.82) is 0 Å². The molecule has 3 rings (SSSR count). The second kappa shape index (κ2) is 7.92. The zero-order valence-electron chi connectivity index (χ0n) is 14.6. The smallest absolute Gasteiger partial charge is 0.234 e. The van der Waals surface area contributed by atoms with E-state index < -0.39 is 0 Å². The number of aromatic nitrogens is 3. The quantitative estimate of drug-likeness (QED) is 0.832. The van der Waals surface area contributed by atoms with Crippen molar-refractivity contribution in [1.82, 2.24) is 19.9 Å². The van der Waals surface area contributed by atoms with Crippen LogP contribution in [-0.2, 0) is 4.79 Å². The fourth-order valence-corrected chi connectivity index (χ4v) is 3.31. The highest BCUT2D eigenvalue weighted by Gasteiger charge is 2.39. The molecule has 7 heteroatoms. The summed E-state index contributed by atoms with van der Waals surface area (Å²) in [5.41, 5.74) is 1.07. The Labute approximate surface area is 147 Å². The number of anilines is 1. The molecule has 7 nitrogen and oxygen atoms in total. The minimum Gasteiger partial charge on any atom is -0.477 e. The van der Waals surface area contributed by atoms with E-state index in [9.17, 15) is 4.79 Å². The highest BCUT2D eigenvalue weighted by molar-refractivity contribution is 5.79. The minimum atomic E-state index is 0.0294. The normalized spacial score (nSPS) is 19.9. The summed E-state index contributed by atoms with van der Waals surface area (Å²) >= 11 is 0. The van der Waals surface area contributed by atoms with Gasteiger partial charge in [-0.2, -0.15) is 4.98 Å². The van der Waals surface area contributed by atoms with Crippen molar-refractivity contribution in [2.45, 2.75) is 26.3 Å². The number of hydrogen-bond acceptors (Lipinski definition) is 6. The van der Waals surface area contributed by atoms with Gasteiger partial charge in [0.05, 0.1) is 25.0 Å². The SMILES string of the molecule is CCOc1cncc(NC[C@@H]2CC(=O)N(CC)[C@H]2c2cccnc2)n1. The van der Waals surface area contributed by atoms with Crippen LogP contribution in [0.4, 0.5) is 5.82 Å². The number of carbonyl (C=O) groups excluding carboxylic acids is 1. The van der Waals surface area contributed by atoms with E-state index in [0.717, 1.165) is 5.56 Å². The summed E-state index contributed by atoms with van der Waals surface area (Å²) in [6.07, 6.45) is 7.35. The Kier molecular flexibility index (Phi) is 5.42. The second-order valence-corrected chi connectivity index (χ2v) is 5.93. The lowest BCUT2D eigenvalue weighted by Crippen LogP contribution is -2.30. The highest BCUT2D eigenvalue weighted by Crippen LogP contribution is 2.37. The van der Waals surface area contributed by atoms with E-state index >= 15 is 0 Å². The second-order valence-electron chi connectivity index (χ2n) is 5.93. The molecule has 1 aliphatic rings. The van der Waals surface area contributed by atoms with Gasteiger partial charge in [-0.05, 0) is 25.5 Å². The third kappa shape index (κ3) is 3.87. The molecule has 2 atom stereocenters. The Balaban J connectivity index is 1.74. The number of likely N-dealkylation sites (tertiary alicyclic amines) is 1. The lowest BCUT2D eigenvalue weighted by molar-refractivity contribution is -0.128. The predicted octanol–water partition coefficient (Wildman–Crippen LogP) is 2.29.